The van der Waals surface area contributed by atoms with Gasteiger partial charge in [0.15, 0.2) is 5.65 Å². The van der Waals surface area contributed by atoms with Gasteiger partial charge in [-0.15, -0.1) is 0 Å². The van der Waals surface area contributed by atoms with Gasteiger partial charge in [0, 0.05) is 58.3 Å². The maximum Gasteiger partial charge on any atom is 0.304 e. The summed E-state index contributed by atoms with van der Waals surface area (Å²) in [5, 5.41) is 5.91. The Morgan fingerprint density at radius 1 is 0.955 bits per heavy atom. The third-order valence-electron chi connectivity index (χ3n) is 9.95. The van der Waals surface area contributed by atoms with Crippen LogP contribution in [0.1, 0.15) is 73.5 Å². The number of likely N-dealkylation sites (tertiary alicyclic amines) is 1. The summed E-state index contributed by atoms with van der Waals surface area (Å²) in [6, 6.07) is 8.28. The van der Waals surface area contributed by atoms with E-state index < -0.39 is 16.1 Å². The summed E-state index contributed by atoms with van der Waals surface area (Å²) in [5.74, 6) is -0.859. The molecular weight excluding hydrogens is 585 g/mol. The number of hydrogen-bond acceptors (Lipinski definition) is 8. The average molecular weight is 626 g/mol. The highest BCUT2D eigenvalue weighted by Gasteiger charge is 2.35. The van der Waals surface area contributed by atoms with Crippen molar-refractivity contribution in [2.45, 2.75) is 69.4 Å². The van der Waals surface area contributed by atoms with Gasteiger partial charge in [0.2, 0.25) is 0 Å². The number of fused-ring (bicyclic) bond motifs is 1. The number of carbonyl (C=O) groups is 1. The van der Waals surface area contributed by atoms with Crippen molar-refractivity contribution in [2.75, 3.05) is 51.3 Å². The largest absolute Gasteiger partial charge is 0.381 e. The van der Waals surface area contributed by atoms with Crippen molar-refractivity contribution in [3.63, 3.8) is 0 Å². The Kier molecular flexibility index (Phi) is 8.06. The van der Waals surface area contributed by atoms with Gasteiger partial charge in [-0.3, -0.25) is 4.79 Å². The minimum Gasteiger partial charge on any atom is -0.381 e. The predicted molar refractivity (Wildman–Crippen MR) is 165 cm³/mol. The molecule has 11 nitrogen and oxygen atoms in total. The van der Waals surface area contributed by atoms with Crippen LogP contribution in [0.4, 0.5) is 10.1 Å². The number of anilines is 1. The van der Waals surface area contributed by atoms with Crippen molar-refractivity contribution in [1.29, 1.82) is 0 Å². The third kappa shape index (κ3) is 5.59. The lowest BCUT2D eigenvalue weighted by Gasteiger charge is -2.42. The Bertz CT molecular complexity index is 1620. The topological polar surface area (TPSA) is 113 Å². The number of nitrogens with one attached hydrogen (secondary N) is 1. The zero-order valence-electron chi connectivity index (χ0n) is 25.1. The van der Waals surface area contributed by atoms with Crippen LogP contribution < -0.4 is 9.62 Å². The Hall–Kier alpha value is -3.13. The fraction of sp³-hybridized carbons (Fsp3) is 0.581. The first-order chi connectivity index (χ1) is 21.3. The molecule has 1 N–H and O–H groups in total. The molecule has 4 fully saturated rings. The molecule has 1 amide bonds. The van der Waals surface area contributed by atoms with E-state index >= 15 is 0 Å². The zero-order chi connectivity index (χ0) is 30.4. The van der Waals surface area contributed by atoms with Crippen molar-refractivity contribution < 1.29 is 22.3 Å². The second-order valence-corrected chi connectivity index (χ2v) is 14.2. The number of pyridine rings is 1. The van der Waals surface area contributed by atoms with Gasteiger partial charge >= 0.3 is 10.2 Å². The molecule has 1 aliphatic carbocycles. The van der Waals surface area contributed by atoms with Crippen LogP contribution in [0.25, 0.3) is 16.7 Å². The highest BCUT2D eigenvalue weighted by Crippen LogP contribution is 2.43. The summed E-state index contributed by atoms with van der Waals surface area (Å²) in [4.78, 5) is 23.1. The molecule has 0 unspecified atom stereocenters. The van der Waals surface area contributed by atoms with Gasteiger partial charge in [-0.05, 0) is 75.3 Å². The molecule has 7 rings (SSSR count). The van der Waals surface area contributed by atoms with Crippen LogP contribution in [-0.2, 0) is 14.9 Å². The van der Waals surface area contributed by atoms with Crippen LogP contribution in [0.3, 0.4) is 0 Å². The van der Waals surface area contributed by atoms with Crippen LogP contribution in [0.15, 0.2) is 30.3 Å². The summed E-state index contributed by atoms with van der Waals surface area (Å²) < 4.78 is 50.3. The molecule has 0 spiro atoms. The highest BCUT2D eigenvalue weighted by molar-refractivity contribution is 7.87. The minimum atomic E-state index is -3.96. The maximum atomic E-state index is 13.9. The van der Waals surface area contributed by atoms with E-state index in [-0.39, 0.29) is 17.4 Å². The van der Waals surface area contributed by atoms with Crippen molar-refractivity contribution in [2.24, 2.45) is 0 Å². The quantitative estimate of drug-likeness (QED) is 0.404. The van der Waals surface area contributed by atoms with E-state index in [2.05, 4.69) is 14.5 Å². The fourth-order valence-electron chi connectivity index (χ4n) is 6.93. The number of halogens is 1. The number of hydrogen-bond donors (Lipinski definition) is 1. The van der Waals surface area contributed by atoms with Gasteiger partial charge in [-0.1, -0.05) is 6.42 Å². The second kappa shape index (κ2) is 12.0. The summed E-state index contributed by atoms with van der Waals surface area (Å²) >= 11 is 0. The molecule has 1 aromatic carbocycles. The Morgan fingerprint density at radius 2 is 1.66 bits per heavy atom. The molecule has 4 aliphatic rings. The van der Waals surface area contributed by atoms with Gasteiger partial charge in [0.1, 0.15) is 11.5 Å². The smallest absolute Gasteiger partial charge is 0.304 e. The van der Waals surface area contributed by atoms with Crippen molar-refractivity contribution >= 4 is 32.8 Å². The second-order valence-electron chi connectivity index (χ2n) is 12.5. The van der Waals surface area contributed by atoms with Gasteiger partial charge in [0.25, 0.3) is 5.91 Å². The van der Waals surface area contributed by atoms with E-state index in [0.29, 0.717) is 36.6 Å². The number of rotatable bonds is 8. The Morgan fingerprint density at radius 3 is 2.25 bits per heavy atom. The highest BCUT2D eigenvalue weighted by atomic mass is 32.2. The molecule has 3 saturated heterocycles. The lowest BCUT2D eigenvalue weighted by atomic mass is 9.82. The molecule has 13 heteroatoms. The first-order valence-corrected chi connectivity index (χ1v) is 17.3. The van der Waals surface area contributed by atoms with Crippen LogP contribution >= 0.6 is 0 Å². The van der Waals surface area contributed by atoms with E-state index in [4.69, 9.17) is 14.8 Å². The molecule has 2 aromatic heterocycles. The van der Waals surface area contributed by atoms with Crippen molar-refractivity contribution in [3.8, 4) is 5.69 Å². The van der Waals surface area contributed by atoms with Gasteiger partial charge < -0.3 is 14.5 Å². The number of ether oxygens (including phenoxy) is 1. The minimum absolute atomic E-state index is 0.0174. The number of methoxy groups -OCH3 is 1. The van der Waals surface area contributed by atoms with E-state index in [0.717, 1.165) is 94.3 Å². The number of piperidine rings is 2. The standard InChI is InChI=1S/C31H40FN7O4S/c1-43-25-12-18-36(19-13-25)23-10-16-37(17-11-23)27-20-26(31(40)35-44(41,42)38-14-3-15-38)33-30-28(27)29(21-4-2-5-21)34-39(30)24-8-6-22(32)7-9-24/h6-9,20-21,23,25H,2-5,10-19H2,1H3,(H,35,40). The lowest BCUT2D eigenvalue weighted by Crippen LogP contribution is -2.50. The van der Waals surface area contributed by atoms with E-state index in [1.807, 2.05) is 0 Å². The molecule has 5 heterocycles. The molecule has 3 aliphatic heterocycles. The molecular formula is C31H40FN7O4S. The van der Waals surface area contributed by atoms with E-state index in [9.17, 15) is 17.6 Å². The first-order valence-electron chi connectivity index (χ1n) is 15.8. The SMILES string of the molecule is COC1CCN(C2CCN(c3cc(C(=O)NS(=O)(=O)N4CCC4)nc4c3c(C3CCC3)nn4-c3ccc(F)cc3)CC2)CC1. The molecule has 1 saturated carbocycles. The molecule has 0 bridgehead atoms. The summed E-state index contributed by atoms with van der Waals surface area (Å²) in [7, 11) is -2.17. The molecule has 3 aromatic rings. The number of benzene rings is 1. The number of aromatic nitrogens is 3. The fourth-order valence-corrected chi connectivity index (χ4v) is 8.14. The number of amides is 1. The monoisotopic (exact) mass is 625 g/mol. The maximum absolute atomic E-state index is 13.9. The normalized spacial score (nSPS) is 21.4. The molecule has 236 valence electrons. The summed E-state index contributed by atoms with van der Waals surface area (Å²) in [6.07, 6.45) is 8.34. The van der Waals surface area contributed by atoms with Crippen LogP contribution in [0.2, 0.25) is 0 Å². The summed E-state index contributed by atoms with van der Waals surface area (Å²) in [6.45, 7) is 4.45. The summed E-state index contributed by atoms with van der Waals surface area (Å²) in [5.41, 5.74) is 2.91. The number of carbonyl (C=O) groups excluding carboxylic acids is 1. The van der Waals surface area contributed by atoms with Crippen molar-refractivity contribution in [1.82, 2.24) is 28.7 Å². The van der Waals surface area contributed by atoms with Gasteiger partial charge in [0.05, 0.1) is 28.6 Å². The van der Waals surface area contributed by atoms with Crippen molar-refractivity contribution in [3.05, 3.63) is 47.5 Å². The van der Waals surface area contributed by atoms with E-state index in [1.165, 1.54) is 16.4 Å². The van der Waals surface area contributed by atoms with Crippen LogP contribution in [0, 0.1) is 5.82 Å². The van der Waals surface area contributed by atoms with Gasteiger partial charge in [-0.25, -0.2) is 18.8 Å². The predicted octanol–water partition coefficient (Wildman–Crippen LogP) is 3.59. The molecule has 0 atom stereocenters. The molecule has 44 heavy (non-hydrogen) atoms. The third-order valence-corrected chi connectivity index (χ3v) is 11.4. The van der Waals surface area contributed by atoms with Gasteiger partial charge in [-0.2, -0.15) is 17.8 Å². The average Bonchev–Trinajstić information content (AvgIpc) is 3.34. The lowest BCUT2D eigenvalue weighted by molar-refractivity contribution is 0.0233. The van der Waals surface area contributed by atoms with E-state index in [1.54, 1.807) is 30.0 Å². The first kappa shape index (κ1) is 29.6. The molecule has 0 radical (unpaired) electrons. The zero-order valence-corrected chi connectivity index (χ0v) is 25.9. The Balaban J connectivity index is 1.26. The Labute approximate surface area is 257 Å². The van der Waals surface area contributed by atoms with Crippen LogP contribution in [0.5, 0.6) is 0 Å². The van der Waals surface area contributed by atoms with Crippen LogP contribution in [-0.4, -0.2) is 96.8 Å². The number of nitrogens with zero attached hydrogens (tertiary/aromatic N) is 6.